The lowest BCUT2D eigenvalue weighted by atomic mass is 10.1. The van der Waals surface area contributed by atoms with Crippen LogP contribution in [-0.2, 0) is 22.6 Å². The van der Waals surface area contributed by atoms with Crippen molar-refractivity contribution in [3.63, 3.8) is 0 Å². The molecule has 0 radical (unpaired) electrons. The highest BCUT2D eigenvalue weighted by Gasteiger charge is 2.05. The minimum atomic E-state index is -0.289. The Labute approximate surface area is 141 Å². The third-order valence-electron chi connectivity index (χ3n) is 3.91. The Balaban J connectivity index is 2.07. The Morgan fingerprint density at radius 2 is 1.87 bits per heavy atom. The van der Waals surface area contributed by atoms with E-state index < -0.39 is 0 Å². The normalized spacial score (nSPS) is 10.7. The van der Waals surface area contributed by atoms with E-state index in [0.717, 1.165) is 25.9 Å². The lowest BCUT2D eigenvalue weighted by molar-refractivity contribution is -0.696. The Morgan fingerprint density at radius 3 is 2.61 bits per heavy atom. The molecule has 23 heavy (non-hydrogen) atoms. The van der Waals surface area contributed by atoms with Crippen molar-refractivity contribution in [1.82, 2.24) is 4.57 Å². The third-order valence-corrected chi connectivity index (χ3v) is 3.91. The van der Waals surface area contributed by atoms with E-state index in [1.807, 2.05) is 0 Å². The lowest BCUT2D eigenvalue weighted by Crippen LogP contribution is -2.30. The first-order chi connectivity index (χ1) is 11.1. The van der Waals surface area contributed by atoms with Crippen LogP contribution in [0.4, 0.5) is 0 Å². The number of ether oxygens (including phenoxy) is 1. The van der Waals surface area contributed by atoms with Gasteiger partial charge in [0.05, 0.1) is 19.7 Å². The number of aryl methyl sites for hydroxylation is 2. The maximum Gasteiger partial charge on any atom is 0.333 e. The van der Waals surface area contributed by atoms with Gasteiger partial charge in [-0.05, 0) is 32.6 Å². The maximum atomic E-state index is 11.2. The van der Waals surface area contributed by atoms with E-state index in [1.54, 1.807) is 6.92 Å². The molecule has 1 aromatic heterocycles. The average molecular weight is 321 g/mol. The molecule has 0 N–H and O–H groups in total. The number of aromatic nitrogens is 2. The molecule has 4 heteroatoms. The molecule has 1 aromatic rings. The monoisotopic (exact) mass is 321 g/mol. The molecule has 0 aromatic carbocycles. The molecule has 0 aliphatic carbocycles. The van der Waals surface area contributed by atoms with E-state index in [0.29, 0.717) is 12.2 Å². The van der Waals surface area contributed by atoms with Gasteiger partial charge in [-0.25, -0.2) is 13.9 Å². The van der Waals surface area contributed by atoms with E-state index in [1.165, 1.54) is 38.5 Å². The van der Waals surface area contributed by atoms with Gasteiger partial charge in [-0.15, -0.1) is 0 Å². The van der Waals surface area contributed by atoms with Crippen LogP contribution in [0.5, 0.6) is 0 Å². The van der Waals surface area contributed by atoms with Crippen LogP contribution in [-0.4, -0.2) is 17.1 Å². The second-order valence-electron chi connectivity index (χ2n) is 6.28. The predicted octanol–water partition coefficient (Wildman–Crippen LogP) is 4.04. The van der Waals surface area contributed by atoms with Crippen LogP contribution < -0.4 is 4.57 Å². The second kappa shape index (κ2) is 11.9. The second-order valence-corrected chi connectivity index (χ2v) is 6.28. The van der Waals surface area contributed by atoms with E-state index >= 15 is 0 Å². The highest BCUT2D eigenvalue weighted by atomic mass is 16.5. The van der Waals surface area contributed by atoms with E-state index in [9.17, 15) is 4.79 Å². The standard InChI is InChI=1S/C19H33N2O2/c1-4-5-6-7-8-9-12-20-14-15-21(17-20)13-10-11-16-23-19(22)18(2)3/h14-15,17H,2,4-13,16H2,1,3H3/q+1. The summed E-state index contributed by atoms with van der Waals surface area (Å²) >= 11 is 0. The fourth-order valence-corrected chi connectivity index (χ4v) is 2.46. The highest BCUT2D eigenvalue weighted by Crippen LogP contribution is 2.04. The Hall–Kier alpha value is -1.58. The van der Waals surface area contributed by atoms with E-state index in [-0.39, 0.29) is 5.97 Å². The molecule has 130 valence electrons. The number of imidazole rings is 1. The van der Waals surface area contributed by atoms with E-state index in [2.05, 4.69) is 41.4 Å². The summed E-state index contributed by atoms with van der Waals surface area (Å²) in [4.78, 5) is 11.2. The van der Waals surface area contributed by atoms with Gasteiger partial charge in [0.1, 0.15) is 12.4 Å². The zero-order valence-electron chi connectivity index (χ0n) is 14.9. The fraction of sp³-hybridized carbons (Fsp3) is 0.684. The van der Waals surface area contributed by atoms with Gasteiger partial charge < -0.3 is 4.74 Å². The predicted molar refractivity (Wildman–Crippen MR) is 93.0 cm³/mol. The largest absolute Gasteiger partial charge is 0.462 e. The number of hydrogen-bond acceptors (Lipinski definition) is 2. The summed E-state index contributed by atoms with van der Waals surface area (Å²) in [6.45, 7) is 10.0. The van der Waals surface area contributed by atoms with Gasteiger partial charge in [0, 0.05) is 5.57 Å². The smallest absolute Gasteiger partial charge is 0.333 e. The molecule has 0 saturated heterocycles. The molecule has 0 saturated carbocycles. The van der Waals surface area contributed by atoms with Gasteiger partial charge in [0.25, 0.3) is 0 Å². The number of carbonyl (C=O) groups excluding carboxylic acids is 1. The van der Waals surface area contributed by atoms with Crippen molar-refractivity contribution in [1.29, 1.82) is 0 Å². The van der Waals surface area contributed by atoms with Crippen LogP contribution in [0.15, 0.2) is 30.9 Å². The summed E-state index contributed by atoms with van der Waals surface area (Å²) in [6.07, 6.45) is 16.3. The minimum Gasteiger partial charge on any atom is -0.462 e. The van der Waals surface area contributed by atoms with Crippen LogP contribution in [0.3, 0.4) is 0 Å². The molecular formula is C19H33N2O2+. The first kappa shape index (κ1) is 19.5. The van der Waals surface area contributed by atoms with Crippen molar-refractivity contribution >= 4 is 5.97 Å². The van der Waals surface area contributed by atoms with Crippen LogP contribution in [0, 0.1) is 0 Å². The molecule has 0 spiro atoms. The molecule has 1 heterocycles. The third kappa shape index (κ3) is 9.22. The Morgan fingerprint density at radius 1 is 1.13 bits per heavy atom. The first-order valence-electron chi connectivity index (χ1n) is 9.01. The number of nitrogens with zero attached hydrogens (tertiary/aromatic N) is 2. The number of unbranched alkanes of at least 4 members (excludes halogenated alkanes) is 6. The summed E-state index contributed by atoms with van der Waals surface area (Å²) in [5, 5.41) is 0. The van der Waals surface area contributed by atoms with Crippen molar-refractivity contribution in [2.75, 3.05) is 6.61 Å². The molecule has 0 aliphatic rings. The molecular weight excluding hydrogens is 288 g/mol. The van der Waals surface area contributed by atoms with Gasteiger partial charge in [-0.2, -0.15) is 0 Å². The number of carbonyl (C=O) groups is 1. The van der Waals surface area contributed by atoms with Crippen LogP contribution in [0.25, 0.3) is 0 Å². The Kier molecular flexibility index (Phi) is 10.1. The number of esters is 1. The van der Waals surface area contributed by atoms with Crippen LogP contribution in [0.2, 0.25) is 0 Å². The van der Waals surface area contributed by atoms with Crippen molar-refractivity contribution in [2.24, 2.45) is 0 Å². The summed E-state index contributed by atoms with van der Waals surface area (Å²) in [5.74, 6) is -0.289. The van der Waals surface area contributed by atoms with Crippen LogP contribution in [0.1, 0.15) is 65.2 Å². The quantitative estimate of drug-likeness (QED) is 0.238. The lowest BCUT2D eigenvalue weighted by Gasteiger charge is -2.03. The van der Waals surface area contributed by atoms with Gasteiger partial charge in [0.15, 0.2) is 0 Å². The molecule has 4 nitrogen and oxygen atoms in total. The summed E-state index contributed by atoms with van der Waals surface area (Å²) in [5.41, 5.74) is 0.464. The highest BCUT2D eigenvalue weighted by molar-refractivity contribution is 5.86. The molecule has 0 amide bonds. The topological polar surface area (TPSA) is 35.1 Å². The molecule has 0 bridgehead atoms. The molecule has 0 unspecified atom stereocenters. The summed E-state index contributed by atoms with van der Waals surface area (Å²) < 4.78 is 9.56. The molecule has 0 aliphatic heterocycles. The summed E-state index contributed by atoms with van der Waals surface area (Å²) in [7, 11) is 0. The van der Waals surface area contributed by atoms with E-state index in [4.69, 9.17) is 4.74 Å². The van der Waals surface area contributed by atoms with Gasteiger partial charge in [0.2, 0.25) is 6.33 Å². The van der Waals surface area contributed by atoms with Gasteiger partial charge in [-0.3, -0.25) is 0 Å². The average Bonchev–Trinajstić information content (AvgIpc) is 2.98. The zero-order valence-corrected chi connectivity index (χ0v) is 14.9. The number of hydrogen-bond donors (Lipinski definition) is 0. The molecule has 0 atom stereocenters. The summed E-state index contributed by atoms with van der Waals surface area (Å²) in [6, 6.07) is 0. The Bertz CT molecular complexity index is 466. The van der Waals surface area contributed by atoms with Crippen LogP contribution >= 0.6 is 0 Å². The first-order valence-corrected chi connectivity index (χ1v) is 9.01. The van der Waals surface area contributed by atoms with Crippen molar-refractivity contribution in [3.05, 3.63) is 30.9 Å². The minimum absolute atomic E-state index is 0.289. The van der Waals surface area contributed by atoms with Gasteiger partial charge >= 0.3 is 5.97 Å². The fourth-order valence-electron chi connectivity index (χ4n) is 2.46. The number of rotatable bonds is 13. The van der Waals surface area contributed by atoms with Crippen molar-refractivity contribution < 1.29 is 14.1 Å². The SMILES string of the molecule is C=C(C)C(=O)OCCCCn1cc[n+](CCCCCCCC)c1. The molecule has 0 fully saturated rings. The van der Waals surface area contributed by atoms with Crippen molar-refractivity contribution in [3.8, 4) is 0 Å². The molecule has 1 rings (SSSR count). The van der Waals surface area contributed by atoms with Gasteiger partial charge in [-0.1, -0.05) is 39.2 Å². The van der Waals surface area contributed by atoms with Crippen molar-refractivity contribution in [2.45, 2.75) is 78.3 Å². The zero-order chi connectivity index (χ0) is 16.9. The maximum absolute atomic E-state index is 11.2.